The Kier molecular flexibility index (Phi) is 1.92. The lowest BCUT2D eigenvalue weighted by Gasteiger charge is -1.93. The van der Waals surface area contributed by atoms with Gasteiger partial charge in [-0.05, 0) is 12.1 Å². The van der Waals surface area contributed by atoms with Crippen LogP contribution in [0.3, 0.4) is 0 Å². The van der Waals surface area contributed by atoms with Gasteiger partial charge in [-0.15, -0.1) is 11.3 Å². The molecule has 0 amide bonds. The summed E-state index contributed by atoms with van der Waals surface area (Å²) in [7, 11) is 0. The second kappa shape index (κ2) is 3.20. The van der Waals surface area contributed by atoms with Crippen molar-refractivity contribution in [2.45, 2.75) is 0 Å². The van der Waals surface area contributed by atoms with Gasteiger partial charge in [-0.3, -0.25) is 9.78 Å². The number of nitrogens with one attached hydrogen (secondary N) is 2. The Balaban J connectivity index is 2.74. The van der Waals surface area contributed by atoms with E-state index in [-0.39, 0.29) is 5.56 Å². The van der Waals surface area contributed by atoms with Crippen LogP contribution >= 0.6 is 22.9 Å². The topological polar surface area (TPSA) is 65.7 Å². The van der Waals surface area contributed by atoms with E-state index in [1.54, 1.807) is 6.07 Å². The maximum absolute atomic E-state index is 11.6. The van der Waals surface area contributed by atoms with E-state index >= 15 is 0 Å². The Labute approximate surface area is 97.5 Å². The molecule has 2 N–H and O–H groups in total. The maximum atomic E-state index is 11.6. The molecule has 80 valence electrons. The van der Waals surface area contributed by atoms with Gasteiger partial charge in [-0.1, -0.05) is 17.7 Å². The van der Waals surface area contributed by atoms with Gasteiger partial charge in [0, 0.05) is 10.1 Å². The third-order valence-corrected chi connectivity index (χ3v) is 3.81. The summed E-state index contributed by atoms with van der Waals surface area (Å²) in [6.07, 6.45) is 0. The summed E-state index contributed by atoms with van der Waals surface area (Å²) < 4.78 is 1.37. The van der Waals surface area contributed by atoms with Crippen molar-refractivity contribution in [1.29, 1.82) is 0 Å². The van der Waals surface area contributed by atoms with Crippen molar-refractivity contribution < 1.29 is 0 Å². The molecule has 4 nitrogen and oxygen atoms in total. The molecule has 2 heterocycles. The molecule has 16 heavy (non-hydrogen) atoms. The molecule has 0 aliphatic carbocycles. The van der Waals surface area contributed by atoms with Gasteiger partial charge in [0.15, 0.2) is 0 Å². The van der Waals surface area contributed by atoms with Gasteiger partial charge < -0.3 is 4.98 Å². The van der Waals surface area contributed by atoms with Gasteiger partial charge in [-0.25, -0.2) is 4.79 Å². The van der Waals surface area contributed by atoms with Crippen molar-refractivity contribution in [3.05, 3.63) is 44.1 Å². The van der Waals surface area contributed by atoms with Crippen LogP contribution in [0.5, 0.6) is 0 Å². The second-order valence-electron chi connectivity index (χ2n) is 3.33. The summed E-state index contributed by atoms with van der Waals surface area (Å²) >= 11 is 7.37. The molecule has 0 bridgehead atoms. The van der Waals surface area contributed by atoms with Crippen molar-refractivity contribution in [3.8, 4) is 0 Å². The standard InChI is InChI=1S/C10H5ClN2O2S/c11-4-2-1-3-5-6(4)7-8(16-5)9(14)13-10(15)12-7/h1-3H,(H2,12,13,14,15). The first-order valence-corrected chi connectivity index (χ1v) is 5.69. The van der Waals surface area contributed by atoms with Crippen LogP contribution in [0.1, 0.15) is 0 Å². The van der Waals surface area contributed by atoms with Gasteiger partial charge in [0.25, 0.3) is 5.56 Å². The van der Waals surface area contributed by atoms with Gasteiger partial charge in [0.1, 0.15) is 4.70 Å². The number of aromatic nitrogens is 2. The summed E-state index contributed by atoms with van der Waals surface area (Å²) in [5.41, 5.74) is -0.382. The van der Waals surface area contributed by atoms with E-state index in [0.717, 1.165) is 10.1 Å². The molecule has 0 aliphatic rings. The van der Waals surface area contributed by atoms with Crippen LogP contribution in [-0.4, -0.2) is 9.97 Å². The Hall–Kier alpha value is -1.59. The monoisotopic (exact) mass is 252 g/mol. The van der Waals surface area contributed by atoms with Crippen LogP contribution in [-0.2, 0) is 0 Å². The number of aromatic amines is 2. The highest BCUT2D eigenvalue weighted by molar-refractivity contribution is 7.25. The molecule has 0 saturated carbocycles. The Morgan fingerprint density at radius 2 is 2.00 bits per heavy atom. The molecule has 0 aliphatic heterocycles. The van der Waals surface area contributed by atoms with Crippen LogP contribution in [0, 0.1) is 0 Å². The molecule has 0 radical (unpaired) electrons. The summed E-state index contributed by atoms with van der Waals surface area (Å²) in [5.74, 6) is 0. The number of hydrogen-bond acceptors (Lipinski definition) is 3. The summed E-state index contributed by atoms with van der Waals surface area (Å²) in [4.78, 5) is 27.6. The summed E-state index contributed by atoms with van der Waals surface area (Å²) in [6, 6.07) is 5.41. The van der Waals surface area contributed by atoms with E-state index in [2.05, 4.69) is 9.97 Å². The predicted octanol–water partition coefficient (Wildman–Crippen LogP) is 2.08. The molecule has 3 rings (SSSR count). The van der Waals surface area contributed by atoms with Crippen molar-refractivity contribution in [2.24, 2.45) is 0 Å². The fraction of sp³-hybridized carbons (Fsp3) is 0. The fourth-order valence-electron chi connectivity index (χ4n) is 1.69. The van der Waals surface area contributed by atoms with Gasteiger partial charge in [-0.2, -0.15) is 0 Å². The van der Waals surface area contributed by atoms with E-state index in [0.29, 0.717) is 15.2 Å². The normalized spacial score (nSPS) is 11.3. The van der Waals surface area contributed by atoms with Gasteiger partial charge in [0.05, 0.1) is 10.5 Å². The smallest absolute Gasteiger partial charge is 0.305 e. The molecule has 0 spiro atoms. The zero-order valence-electron chi connectivity index (χ0n) is 7.83. The maximum Gasteiger partial charge on any atom is 0.326 e. The highest BCUT2D eigenvalue weighted by Gasteiger charge is 2.11. The van der Waals surface area contributed by atoms with Crippen molar-refractivity contribution in [3.63, 3.8) is 0 Å². The minimum Gasteiger partial charge on any atom is -0.305 e. The summed E-state index contributed by atoms with van der Waals surface area (Å²) in [5, 5.41) is 1.26. The first kappa shape index (κ1) is 9.62. The minimum absolute atomic E-state index is 0.379. The SMILES string of the molecule is O=c1[nH]c(=O)c2sc3cccc(Cl)c3c2[nH]1. The molecular weight excluding hydrogens is 248 g/mol. The third kappa shape index (κ3) is 1.22. The van der Waals surface area contributed by atoms with Crippen molar-refractivity contribution >= 4 is 43.2 Å². The van der Waals surface area contributed by atoms with Crippen LogP contribution in [0.15, 0.2) is 27.8 Å². The lowest BCUT2D eigenvalue weighted by molar-refractivity contribution is 1.09. The van der Waals surface area contributed by atoms with Crippen LogP contribution < -0.4 is 11.2 Å². The number of hydrogen-bond donors (Lipinski definition) is 2. The molecule has 0 saturated heterocycles. The molecule has 2 aromatic heterocycles. The molecule has 0 unspecified atom stereocenters. The summed E-state index contributed by atoms with van der Waals surface area (Å²) in [6.45, 7) is 0. The number of thiophene rings is 1. The van der Waals surface area contributed by atoms with E-state index in [1.165, 1.54) is 11.3 Å². The van der Waals surface area contributed by atoms with E-state index < -0.39 is 5.69 Å². The van der Waals surface area contributed by atoms with Crippen LogP contribution in [0.25, 0.3) is 20.3 Å². The molecular formula is C10H5ClN2O2S. The number of halogens is 1. The average molecular weight is 253 g/mol. The molecule has 6 heteroatoms. The largest absolute Gasteiger partial charge is 0.326 e. The minimum atomic E-state index is -0.517. The zero-order chi connectivity index (χ0) is 11.3. The van der Waals surface area contributed by atoms with E-state index in [9.17, 15) is 9.59 Å². The lowest BCUT2D eigenvalue weighted by Crippen LogP contribution is -2.20. The highest BCUT2D eigenvalue weighted by Crippen LogP contribution is 2.34. The van der Waals surface area contributed by atoms with E-state index in [4.69, 9.17) is 11.6 Å². The highest BCUT2D eigenvalue weighted by atomic mass is 35.5. The lowest BCUT2D eigenvalue weighted by atomic mass is 10.2. The van der Waals surface area contributed by atoms with E-state index in [1.807, 2.05) is 12.1 Å². The van der Waals surface area contributed by atoms with Crippen LogP contribution in [0.2, 0.25) is 5.02 Å². The van der Waals surface area contributed by atoms with Crippen LogP contribution in [0.4, 0.5) is 0 Å². The zero-order valence-corrected chi connectivity index (χ0v) is 9.41. The van der Waals surface area contributed by atoms with Gasteiger partial charge in [0.2, 0.25) is 0 Å². The average Bonchev–Trinajstić information content (AvgIpc) is 2.58. The first-order chi connectivity index (χ1) is 7.66. The third-order valence-electron chi connectivity index (χ3n) is 2.34. The molecule has 0 fully saturated rings. The number of rotatable bonds is 0. The first-order valence-electron chi connectivity index (χ1n) is 4.50. The number of H-pyrrole nitrogens is 2. The Morgan fingerprint density at radius 3 is 2.81 bits per heavy atom. The quantitative estimate of drug-likeness (QED) is 0.643. The fourth-order valence-corrected chi connectivity index (χ4v) is 3.09. The second-order valence-corrected chi connectivity index (χ2v) is 4.79. The molecule has 3 aromatic rings. The van der Waals surface area contributed by atoms with Crippen molar-refractivity contribution in [1.82, 2.24) is 9.97 Å². The van der Waals surface area contributed by atoms with Gasteiger partial charge >= 0.3 is 5.69 Å². The molecule has 0 atom stereocenters. The Morgan fingerprint density at radius 1 is 1.19 bits per heavy atom. The Bertz CT molecular complexity index is 815. The van der Waals surface area contributed by atoms with Crippen molar-refractivity contribution in [2.75, 3.05) is 0 Å². The number of benzene rings is 1. The predicted molar refractivity (Wildman–Crippen MR) is 65.6 cm³/mol. The number of fused-ring (bicyclic) bond motifs is 3. The molecule has 1 aromatic carbocycles.